The molecule has 1 amide bonds. The zero-order valence-electron chi connectivity index (χ0n) is 19.1. The van der Waals surface area contributed by atoms with E-state index in [0.29, 0.717) is 31.6 Å². The van der Waals surface area contributed by atoms with Crippen LogP contribution < -0.4 is 19.7 Å². The molecule has 0 aromatic heterocycles. The predicted molar refractivity (Wildman–Crippen MR) is 125 cm³/mol. The number of ether oxygens (including phenoxy) is 2. The molecule has 4 aliphatic rings. The molecule has 2 aromatic carbocycles. The van der Waals surface area contributed by atoms with Gasteiger partial charge in [-0.15, -0.1) is 0 Å². The Balaban J connectivity index is 1.31. The van der Waals surface area contributed by atoms with Gasteiger partial charge in [-0.25, -0.2) is 4.79 Å². The minimum atomic E-state index is -4.51. The number of nitrogens with zero attached hydrogens (tertiary/aromatic N) is 2. The van der Waals surface area contributed by atoms with E-state index in [-0.39, 0.29) is 44.8 Å². The maximum Gasteiger partial charge on any atom is 0.406 e. The lowest BCUT2D eigenvalue weighted by Gasteiger charge is -2.69. The maximum absolute atomic E-state index is 13.5. The topological polar surface area (TPSA) is 94.8 Å². The van der Waals surface area contributed by atoms with Crippen molar-refractivity contribution in [2.24, 2.45) is 5.41 Å². The SMILES string of the molecule is N#Cc1cc(N(CC(F)(F)F)c2ccc(OCC34CC(NC(=O)O)(C3)C4)cc2)cc(Cl)c1OC1CC1. The van der Waals surface area contributed by atoms with Crippen LogP contribution in [0.1, 0.15) is 37.7 Å². The fourth-order valence-corrected chi connectivity index (χ4v) is 5.53. The minimum absolute atomic E-state index is 0.0245. The molecule has 0 aliphatic heterocycles. The number of amides is 1. The second-order valence-corrected chi connectivity index (χ2v) is 10.4. The van der Waals surface area contributed by atoms with E-state index in [9.17, 15) is 23.2 Å². The zero-order valence-corrected chi connectivity index (χ0v) is 19.8. The second-order valence-electron chi connectivity index (χ2n) is 9.96. The van der Waals surface area contributed by atoms with Crippen LogP contribution in [0.3, 0.4) is 0 Å². The van der Waals surface area contributed by atoms with Crippen molar-refractivity contribution >= 4 is 29.1 Å². The third-order valence-corrected chi connectivity index (χ3v) is 7.09. The first-order chi connectivity index (χ1) is 17.0. The average molecular weight is 522 g/mol. The van der Waals surface area contributed by atoms with Gasteiger partial charge < -0.3 is 24.8 Å². The smallest absolute Gasteiger partial charge is 0.406 e. The van der Waals surface area contributed by atoms with E-state index >= 15 is 0 Å². The van der Waals surface area contributed by atoms with E-state index in [4.69, 9.17) is 26.2 Å². The molecule has 0 spiro atoms. The molecule has 6 rings (SSSR count). The summed E-state index contributed by atoms with van der Waals surface area (Å²) in [5.74, 6) is 0.690. The number of nitriles is 1. The van der Waals surface area contributed by atoms with E-state index in [2.05, 4.69) is 5.32 Å². The summed E-state index contributed by atoms with van der Waals surface area (Å²) in [5.41, 5.74) is 0.0598. The van der Waals surface area contributed by atoms with Crippen LogP contribution >= 0.6 is 11.6 Å². The third-order valence-electron chi connectivity index (χ3n) is 6.81. The van der Waals surface area contributed by atoms with Gasteiger partial charge in [0.1, 0.15) is 18.4 Å². The maximum atomic E-state index is 13.5. The normalized spacial score (nSPS) is 24.1. The van der Waals surface area contributed by atoms with Gasteiger partial charge in [-0.2, -0.15) is 18.4 Å². The average Bonchev–Trinajstić information content (AvgIpc) is 3.58. The third kappa shape index (κ3) is 4.98. The highest BCUT2D eigenvalue weighted by molar-refractivity contribution is 6.32. The lowest BCUT2D eigenvalue weighted by molar-refractivity contribution is -0.168. The molecule has 0 unspecified atom stereocenters. The zero-order chi connectivity index (χ0) is 25.7. The van der Waals surface area contributed by atoms with Crippen molar-refractivity contribution in [3.05, 3.63) is 47.0 Å². The molecule has 0 heterocycles. The predicted octanol–water partition coefficient (Wildman–Crippen LogP) is 6.02. The van der Waals surface area contributed by atoms with Crippen molar-refractivity contribution in [3.63, 3.8) is 0 Å². The largest absolute Gasteiger partial charge is 0.493 e. The van der Waals surface area contributed by atoms with Gasteiger partial charge in [0.15, 0.2) is 5.75 Å². The molecule has 4 fully saturated rings. The Kier molecular flexibility index (Phi) is 5.86. The summed E-state index contributed by atoms with van der Waals surface area (Å²) in [7, 11) is 0. The molecule has 4 saturated carbocycles. The first-order valence-electron chi connectivity index (χ1n) is 11.5. The number of halogens is 4. The highest BCUT2D eigenvalue weighted by Gasteiger charge is 2.69. The number of benzene rings is 2. The molecule has 7 nitrogen and oxygen atoms in total. The lowest BCUT2D eigenvalue weighted by Crippen LogP contribution is -2.76. The summed E-state index contributed by atoms with van der Waals surface area (Å²) in [5, 5.41) is 21.1. The molecule has 2 aromatic rings. The van der Waals surface area contributed by atoms with Gasteiger partial charge in [0.05, 0.1) is 23.3 Å². The Bertz CT molecular complexity index is 1210. The van der Waals surface area contributed by atoms with Crippen LogP contribution in [0.15, 0.2) is 36.4 Å². The first-order valence-corrected chi connectivity index (χ1v) is 11.9. The number of alkyl halides is 3. The highest BCUT2D eigenvalue weighted by Crippen LogP contribution is 2.67. The highest BCUT2D eigenvalue weighted by atomic mass is 35.5. The molecule has 4 aliphatic carbocycles. The Labute approximate surface area is 210 Å². The van der Waals surface area contributed by atoms with Crippen molar-refractivity contribution < 1.29 is 32.5 Å². The minimum Gasteiger partial charge on any atom is -0.493 e. The Morgan fingerprint density at radius 2 is 1.86 bits per heavy atom. The van der Waals surface area contributed by atoms with Crippen LogP contribution in [0.4, 0.5) is 29.3 Å². The van der Waals surface area contributed by atoms with Gasteiger partial charge in [-0.1, -0.05) is 11.6 Å². The number of rotatable bonds is 9. The van der Waals surface area contributed by atoms with E-state index in [1.54, 1.807) is 12.1 Å². The van der Waals surface area contributed by atoms with E-state index in [1.807, 2.05) is 6.07 Å². The van der Waals surface area contributed by atoms with Crippen LogP contribution in [0.25, 0.3) is 0 Å². The number of nitrogens with one attached hydrogen (secondary N) is 1. The Morgan fingerprint density at radius 1 is 1.19 bits per heavy atom. The number of carbonyl (C=O) groups is 1. The summed E-state index contributed by atoms with van der Waals surface area (Å²) in [6.45, 7) is -0.871. The fraction of sp³-hybridized carbons (Fsp3) is 0.440. The molecule has 0 radical (unpaired) electrons. The van der Waals surface area contributed by atoms with E-state index < -0.39 is 18.8 Å². The number of anilines is 2. The van der Waals surface area contributed by atoms with Crippen molar-refractivity contribution in [2.45, 2.75) is 49.9 Å². The summed E-state index contributed by atoms with van der Waals surface area (Å²) in [4.78, 5) is 11.9. The second kappa shape index (κ2) is 8.66. The van der Waals surface area contributed by atoms with Crippen molar-refractivity contribution in [1.29, 1.82) is 5.26 Å². The summed E-state index contributed by atoms with van der Waals surface area (Å²) in [6.07, 6.45) is -1.73. The molecule has 11 heteroatoms. The van der Waals surface area contributed by atoms with E-state index in [1.165, 1.54) is 24.3 Å². The molecule has 0 atom stereocenters. The number of hydrogen-bond acceptors (Lipinski definition) is 5. The monoisotopic (exact) mass is 521 g/mol. The summed E-state index contributed by atoms with van der Waals surface area (Å²) in [6, 6.07) is 10.9. The lowest BCUT2D eigenvalue weighted by atomic mass is 9.39. The molecule has 36 heavy (non-hydrogen) atoms. The van der Waals surface area contributed by atoms with Gasteiger partial charge in [-0.05, 0) is 68.5 Å². The quantitative estimate of drug-likeness (QED) is 0.419. The van der Waals surface area contributed by atoms with Crippen LogP contribution in [-0.2, 0) is 0 Å². The van der Waals surface area contributed by atoms with Crippen molar-refractivity contribution in [2.75, 3.05) is 18.1 Å². The summed E-state index contributed by atoms with van der Waals surface area (Å²) >= 11 is 6.32. The van der Waals surface area contributed by atoms with Crippen LogP contribution in [0, 0.1) is 16.7 Å². The van der Waals surface area contributed by atoms with Crippen LogP contribution in [-0.4, -0.2) is 42.2 Å². The van der Waals surface area contributed by atoms with E-state index in [0.717, 1.165) is 17.7 Å². The van der Waals surface area contributed by atoms with Crippen LogP contribution in [0.2, 0.25) is 5.02 Å². The first kappa shape index (κ1) is 24.4. The molecule has 2 bridgehead atoms. The molecule has 2 N–H and O–H groups in total. The molecule has 190 valence electrons. The van der Waals surface area contributed by atoms with Gasteiger partial charge in [0.25, 0.3) is 0 Å². The van der Waals surface area contributed by atoms with Gasteiger partial charge in [0, 0.05) is 22.3 Å². The van der Waals surface area contributed by atoms with Crippen molar-refractivity contribution in [3.8, 4) is 17.6 Å². The molecular weight excluding hydrogens is 499 g/mol. The van der Waals surface area contributed by atoms with Gasteiger partial charge >= 0.3 is 12.3 Å². The van der Waals surface area contributed by atoms with Gasteiger partial charge in [0.2, 0.25) is 0 Å². The summed E-state index contributed by atoms with van der Waals surface area (Å²) < 4.78 is 52.0. The molecular formula is C25H23ClF3N3O4. The number of hydrogen-bond donors (Lipinski definition) is 2. The molecule has 0 saturated heterocycles. The number of carboxylic acid groups (broad SMARTS) is 1. The standard InChI is InChI=1S/C25H23ClF3N3O4/c26-20-8-17(7-15(9-30)21(20)36-19-5-6-19)32(13-25(27,28)29)16-1-3-18(4-2-16)35-14-23-10-24(11-23,12-23)31-22(33)34/h1-4,7-8,19,31H,5-6,10-14H2,(H,33,34). The Hall–Kier alpha value is -3.32. The van der Waals surface area contributed by atoms with Gasteiger partial charge in [-0.3, -0.25) is 0 Å². The fourth-order valence-electron chi connectivity index (χ4n) is 5.27. The van der Waals surface area contributed by atoms with Crippen LogP contribution in [0.5, 0.6) is 11.5 Å². The van der Waals surface area contributed by atoms with Crippen molar-refractivity contribution in [1.82, 2.24) is 5.32 Å². The Morgan fingerprint density at radius 3 is 2.42 bits per heavy atom.